The van der Waals surface area contributed by atoms with Gasteiger partial charge in [-0.15, -0.1) is 0 Å². The molecule has 0 aromatic carbocycles. The number of rotatable bonds is 1. The summed E-state index contributed by atoms with van der Waals surface area (Å²) in [4.78, 5) is 8.41. The van der Waals surface area contributed by atoms with E-state index in [0.717, 1.165) is 11.0 Å². The Morgan fingerprint density at radius 2 is 1.88 bits per heavy atom. The topological polar surface area (TPSA) is 30.7 Å². The zero-order chi connectivity index (χ0) is 12.8. The second kappa shape index (κ2) is 3.82. The Kier molecular flexibility index (Phi) is 2.82. The largest absolute Gasteiger partial charge is 0.359 e. The highest BCUT2D eigenvalue weighted by Crippen LogP contribution is 2.38. The highest BCUT2D eigenvalue weighted by atomic mass is 35.5. The predicted octanol–water partition coefficient (Wildman–Crippen LogP) is 3.94. The SMILES string of the molecule is CC(C)(C)[Si](C)(C)n1ccc2c(Cl)ncnc21. The van der Waals surface area contributed by atoms with E-state index in [0.29, 0.717) is 5.15 Å². The lowest BCUT2D eigenvalue weighted by Gasteiger charge is -2.38. The summed E-state index contributed by atoms with van der Waals surface area (Å²) in [5, 5.41) is 1.74. The van der Waals surface area contributed by atoms with Gasteiger partial charge in [-0.2, -0.15) is 0 Å². The summed E-state index contributed by atoms with van der Waals surface area (Å²) in [6.07, 6.45) is 3.64. The van der Waals surface area contributed by atoms with Crippen LogP contribution in [0.25, 0.3) is 11.0 Å². The number of nitrogens with zero attached hydrogens (tertiary/aromatic N) is 3. The number of hydrogen-bond acceptors (Lipinski definition) is 2. The van der Waals surface area contributed by atoms with Gasteiger partial charge in [0.05, 0.1) is 5.39 Å². The number of hydrogen-bond donors (Lipinski definition) is 0. The van der Waals surface area contributed by atoms with Crippen LogP contribution in [-0.4, -0.2) is 22.4 Å². The number of fused-ring (bicyclic) bond motifs is 1. The first kappa shape index (κ1) is 12.6. The van der Waals surface area contributed by atoms with Crippen LogP contribution in [0.2, 0.25) is 23.3 Å². The van der Waals surface area contributed by atoms with Gasteiger partial charge >= 0.3 is 0 Å². The Hall–Kier alpha value is -0.873. The molecule has 2 aromatic rings. The maximum absolute atomic E-state index is 6.09. The molecule has 0 unspecified atom stereocenters. The van der Waals surface area contributed by atoms with Crippen molar-refractivity contribution in [3.05, 3.63) is 23.7 Å². The summed E-state index contributed by atoms with van der Waals surface area (Å²) in [6, 6.07) is 2.01. The molecule has 17 heavy (non-hydrogen) atoms. The minimum Gasteiger partial charge on any atom is -0.359 e. The van der Waals surface area contributed by atoms with Crippen molar-refractivity contribution < 1.29 is 0 Å². The molecule has 0 spiro atoms. The molecule has 2 aromatic heterocycles. The van der Waals surface area contributed by atoms with Gasteiger partial charge in [-0.25, -0.2) is 9.97 Å². The lowest BCUT2D eigenvalue weighted by atomic mass is 10.2. The van der Waals surface area contributed by atoms with Gasteiger partial charge in [0.1, 0.15) is 17.1 Å². The summed E-state index contributed by atoms with van der Waals surface area (Å²) >= 11 is 6.09. The average molecular weight is 268 g/mol. The van der Waals surface area contributed by atoms with Crippen LogP contribution in [0.5, 0.6) is 0 Å². The highest BCUT2D eigenvalue weighted by Gasteiger charge is 2.38. The molecule has 2 heterocycles. The molecule has 0 aliphatic heterocycles. The highest BCUT2D eigenvalue weighted by molar-refractivity contribution is 6.79. The molecular weight excluding hydrogens is 250 g/mol. The lowest BCUT2D eigenvalue weighted by Crippen LogP contribution is -2.45. The molecule has 0 saturated heterocycles. The minimum absolute atomic E-state index is 0.260. The van der Waals surface area contributed by atoms with E-state index in [1.54, 1.807) is 0 Å². The quantitative estimate of drug-likeness (QED) is 0.579. The van der Waals surface area contributed by atoms with Crippen LogP contribution in [0.1, 0.15) is 20.8 Å². The monoisotopic (exact) mass is 267 g/mol. The molecule has 3 nitrogen and oxygen atoms in total. The normalized spacial score (nSPS) is 13.3. The first-order valence-corrected chi connectivity index (χ1v) is 9.06. The summed E-state index contributed by atoms with van der Waals surface area (Å²) in [6.45, 7) is 11.6. The molecule has 0 bridgehead atoms. The fourth-order valence-corrected chi connectivity index (χ4v) is 3.80. The lowest BCUT2D eigenvalue weighted by molar-refractivity contribution is 0.702. The molecule has 92 valence electrons. The smallest absolute Gasteiger partial charge is 0.163 e. The molecule has 5 heteroatoms. The van der Waals surface area contributed by atoms with Crippen molar-refractivity contribution in [2.45, 2.75) is 38.9 Å². The molecule has 0 aliphatic carbocycles. The van der Waals surface area contributed by atoms with Crippen molar-refractivity contribution in [1.29, 1.82) is 0 Å². The van der Waals surface area contributed by atoms with Crippen molar-refractivity contribution in [3.8, 4) is 0 Å². The van der Waals surface area contributed by atoms with Crippen LogP contribution in [0.3, 0.4) is 0 Å². The van der Waals surface area contributed by atoms with Gasteiger partial charge in [0.2, 0.25) is 0 Å². The molecule has 0 aliphatic rings. The van der Waals surface area contributed by atoms with E-state index in [2.05, 4.69) is 54.3 Å². The molecule has 0 radical (unpaired) electrons. The van der Waals surface area contributed by atoms with E-state index >= 15 is 0 Å². The van der Waals surface area contributed by atoms with Crippen LogP contribution in [0.15, 0.2) is 18.6 Å². The van der Waals surface area contributed by atoms with E-state index in [9.17, 15) is 0 Å². The van der Waals surface area contributed by atoms with Gasteiger partial charge in [-0.3, -0.25) is 0 Å². The van der Waals surface area contributed by atoms with Gasteiger partial charge in [0, 0.05) is 0 Å². The standard InChI is InChI=1S/C12H18ClN3Si/c1-12(2,3)17(4,5)16-7-6-9-10(13)14-8-15-11(9)16/h6-8H,1-5H3. The second-order valence-electron chi connectivity index (χ2n) is 5.90. The Balaban J connectivity index is 2.69. The maximum Gasteiger partial charge on any atom is 0.163 e. The van der Waals surface area contributed by atoms with Gasteiger partial charge in [0.25, 0.3) is 0 Å². The van der Waals surface area contributed by atoms with Gasteiger partial charge in [-0.1, -0.05) is 45.5 Å². The summed E-state index contributed by atoms with van der Waals surface area (Å²) in [5.41, 5.74) is 0.955. The summed E-state index contributed by atoms with van der Waals surface area (Å²) < 4.78 is 2.32. The summed E-state index contributed by atoms with van der Waals surface area (Å²) in [7, 11) is -1.65. The Morgan fingerprint density at radius 1 is 1.24 bits per heavy atom. The van der Waals surface area contributed by atoms with Gasteiger partial charge in [0.15, 0.2) is 8.24 Å². The zero-order valence-electron chi connectivity index (χ0n) is 11.0. The number of halogens is 1. The average Bonchev–Trinajstić information content (AvgIpc) is 2.61. The van der Waals surface area contributed by atoms with Crippen molar-refractivity contribution in [2.75, 3.05) is 0 Å². The molecular formula is C12H18ClN3Si. The molecule has 0 amide bonds. The van der Waals surface area contributed by atoms with E-state index in [1.165, 1.54) is 6.33 Å². The fraction of sp³-hybridized carbons (Fsp3) is 0.500. The molecule has 0 fully saturated rings. The van der Waals surface area contributed by atoms with Gasteiger partial charge in [-0.05, 0) is 17.3 Å². The minimum atomic E-state index is -1.65. The van der Waals surface area contributed by atoms with Crippen LogP contribution >= 0.6 is 11.6 Å². The summed E-state index contributed by atoms with van der Waals surface area (Å²) in [5.74, 6) is 0. The third kappa shape index (κ3) is 1.89. The van der Waals surface area contributed by atoms with Crippen LogP contribution in [-0.2, 0) is 0 Å². The molecule has 0 saturated carbocycles. The van der Waals surface area contributed by atoms with Crippen LogP contribution < -0.4 is 0 Å². The Morgan fingerprint density at radius 3 is 2.47 bits per heavy atom. The van der Waals surface area contributed by atoms with Crippen LogP contribution in [0, 0.1) is 0 Å². The van der Waals surface area contributed by atoms with E-state index < -0.39 is 8.24 Å². The fourth-order valence-electron chi connectivity index (χ4n) is 1.73. The van der Waals surface area contributed by atoms with Crippen molar-refractivity contribution in [2.24, 2.45) is 0 Å². The number of aromatic nitrogens is 3. The molecule has 2 rings (SSSR count). The van der Waals surface area contributed by atoms with Crippen molar-refractivity contribution in [3.63, 3.8) is 0 Å². The van der Waals surface area contributed by atoms with E-state index in [1.807, 2.05) is 6.07 Å². The van der Waals surface area contributed by atoms with Crippen LogP contribution in [0.4, 0.5) is 0 Å². The van der Waals surface area contributed by atoms with E-state index in [4.69, 9.17) is 11.6 Å². The maximum atomic E-state index is 6.09. The molecule has 0 atom stereocenters. The zero-order valence-corrected chi connectivity index (χ0v) is 12.7. The second-order valence-corrected chi connectivity index (χ2v) is 11.4. The van der Waals surface area contributed by atoms with Crippen molar-refractivity contribution in [1.82, 2.24) is 14.2 Å². The third-order valence-electron chi connectivity index (χ3n) is 3.87. The first-order valence-electron chi connectivity index (χ1n) is 5.73. The van der Waals surface area contributed by atoms with Gasteiger partial charge < -0.3 is 4.23 Å². The van der Waals surface area contributed by atoms with Crippen molar-refractivity contribution >= 4 is 30.9 Å². The molecule has 0 N–H and O–H groups in total. The predicted molar refractivity (Wildman–Crippen MR) is 75.1 cm³/mol. The Bertz CT molecular complexity index is 554. The first-order chi connectivity index (χ1) is 7.75. The third-order valence-corrected chi connectivity index (χ3v) is 9.41. The Labute approximate surface area is 108 Å². The van der Waals surface area contributed by atoms with E-state index in [-0.39, 0.29) is 5.04 Å².